The van der Waals surface area contributed by atoms with E-state index in [1.165, 1.54) is 24.4 Å². The number of methoxy groups -OCH3 is 1. The quantitative estimate of drug-likeness (QED) is 0.541. The predicted molar refractivity (Wildman–Crippen MR) is 148 cm³/mol. The van der Waals surface area contributed by atoms with Gasteiger partial charge in [-0.25, -0.2) is 0 Å². The first-order chi connectivity index (χ1) is 18.1. The fourth-order valence-electron chi connectivity index (χ4n) is 5.15. The summed E-state index contributed by atoms with van der Waals surface area (Å²) < 4.78 is 17.6. The van der Waals surface area contributed by atoms with Gasteiger partial charge in [0.1, 0.15) is 40.5 Å². The summed E-state index contributed by atoms with van der Waals surface area (Å²) >= 11 is 1.43. The largest absolute Gasteiger partial charge is 0.497 e. The van der Waals surface area contributed by atoms with Crippen LogP contribution in [0.25, 0.3) is 5.76 Å². The van der Waals surface area contributed by atoms with Crippen molar-refractivity contribution in [1.29, 1.82) is 0 Å². The molecule has 0 saturated carbocycles. The average molecular weight is 538 g/mol. The van der Waals surface area contributed by atoms with E-state index in [0.29, 0.717) is 39.8 Å². The van der Waals surface area contributed by atoms with Crippen molar-refractivity contribution in [3.8, 4) is 11.5 Å². The number of fused-ring (bicyclic) bond motifs is 2. The maximum atomic E-state index is 12.8. The van der Waals surface area contributed by atoms with Crippen molar-refractivity contribution < 1.29 is 28.9 Å². The van der Waals surface area contributed by atoms with Crippen molar-refractivity contribution in [2.24, 2.45) is 0 Å². The third kappa shape index (κ3) is 5.35. The number of rotatable bonds is 6. The Hall–Kier alpha value is -2.81. The number of aliphatic hydroxyl groups is 1. The van der Waals surface area contributed by atoms with Crippen LogP contribution in [0.4, 0.5) is 0 Å². The summed E-state index contributed by atoms with van der Waals surface area (Å²) in [5.74, 6) is 1.41. The van der Waals surface area contributed by atoms with E-state index in [1.54, 1.807) is 18.2 Å². The number of piperidine rings is 1. The number of nitrogens with zero attached hydrogens (tertiary/aromatic N) is 1. The number of Topliss-reactive ketones (excluding diaryl/α,β-unsaturated/α-hetero) is 2. The van der Waals surface area contributed by atoms with Crippen molar-refractivity contribution in [3.63, 3.8) is 0 Å². The molecule has 38 heavy (non-hydrogen) atoms. The third-order valence-electron chi connectivity index (χ3n) is 7.53. The summed E-state index contributed by atoms with van der Waals surface area (Å²) in [6.45, 7) is 8.81. The predicted octanol–water partition coefficient (Wildman–Crippen LogP) is 4.46. The van der Waals surface area contributed by atoms with Gasteiger partial charge in [0.15, 0.2) is 0 Å². The van der Waals surface area contributed by atoms with E-state index in [0.717, 1.165) is 31.7 Å². The van der Waals surface area contributed by atoms with Gasteiger partial charge >= 0.3 is 0 Å². The minimum atomic E-state index is -0.605. The average Bonchev–Trinajstić information content (AvgIpc) is 2.91. The fourth-order valence-corrected chi connectivity index (χ4v) is 6.41. The van der Waals surface area contributed by atoms with Crippen LogP contribution < -0.4 is 9.47 Å². The maximum Gasteiger partial charge on any atom is 0.243 e. The Morgan fingerprint density at radius 2 is 1.71 bits per heavy atom. The molecule has 1 saturated heterocycles. The van der Waals surface area contributed by atoms with Gasteiger partial charge in [-0.2, -0.15) is 0 Å². The van der Waals surface area contributed by atoms with E-state index >= 15 is 0 Å². The zero-order valence-corrected chi connectivity index (χ0v) is 23.2. The van der Waals surface area contributed by atoms with Gasteiger partial charge in [0.2, 0.25) is 11.6 Å². The number of aliphatic hydroxyl groups excluding tert-OH is 1. The van der Waals surface area contributed by atoms with E-state index in [4.69, 9.17) is 14.2 Å². The fraction of sp³-hybridized carbons (Fsp3) is 0.467. The van der Waals surface area contributed by atoms with Gasteiger partial charge < -0.3 is 24.2 Å². The summed E-state index contributed by atoms with van der Waals surface area (Å²) in [6.07, 6.45) is 0.935. The van der Waals surface area contributed by atoms with Crippen LogP contribution in [0.2, 0.25) is 0 Å². The minimum absolute atomic E-state index is 0.0865. The van der Waals surface area contributed by atoms with Crippen molar-refractivity contribution in [3.05, 3.63) is 64.1 Å². The second-order valence-corrected chi connectivity index (χ2v) is 12.3. The molecule has 1 atom stereocenters. The first kappa shape index (κ1) is 26.8. The van der Waals surface area contributed by atoms with Crippen molar-refractivity contribution >= 4 is 29.1 Å². The number of allylic oxidation sites excluding steroid dienone is 1. The number of thioether (sulfide) groups is 1. The molecule has 1 spiro atoms. The lowest BCUT2D eigenvalue weighted by atomic mass is 9.87. The molecular formula is C30H35NO6S. The smallest absolute Gasteiger partial charge is 0.243 e. The number of β-amino-alcohol motifs (C(OH)–C–C–N with tert-alkyl or cyclic N) is 1. The van der Waals surface area contributed by atoms with E-state index in [1.807, 2.05) is 12.1 Å². The van der Waals surface area contributed by atoms with Crippen LogP contribution >= 0.6 is 11.8 Å². The highest BCUT2D eigenvalue weighted by atomic mass is 32.2. The van der Waals surface area contributed by atoms with Crippen LogP contribution in [0.15, 0.2) is 47.4 Å². The van der Waals surface area contributed by atoms with E-state index < -0.39 is 23.3 Å². The van der Waals surface area contributed by atoms with Crippen molar-refractivity contribution in [1.82, 2.24) is 4.90 Å². The molecule has 8 heteroatoms. The van der Waals surface area contributed by atoms with Crippen molar-refractivity contribution in [2.75, 3.05) is 39.1 Å². The number of carbonyl (C=O) groups is 2. The van der Waals surface area contributed by atoms with E-state index in [-0.39, 0.29) is 12.0 Å². The van der Waals surface area contributed by atoms with Gasteiger partial charge in [-0.3, -0.25) is 9.59 Å². The SMILES string of the molecule is COc1ccc2c(c1)C(=O)C(=O)C1=C2OC2(CCN(C[C@H](O)COc3ccc(C(C)(C)C)cc3)CC2)CS1. The Kier molecular flexibility index (Phi) is 7.33. The number of carbonyl (C=O) groups excluding carboxylic acids is 2. The Morgan fingerprint density at radius 1 is 1.03 bits per heavy atom. The molecule has 2 aromatic carbocycles. The molecule has 5 rings (SSSR count). The highest BCUT2D eigenvalue weighted by Crippen LogP contribution is 2.47. The lowest BCUT2D eigenvalue weighted by Crippen LogP contribution is -2.51. The van der Waals surface area contributed by atoms with Crippen LogP contribution in [0.5, 0.6) is 11.5 Å². The highest BCUT2D eigenvalue weighted by Gasteiger charge is 2.46. The van der Waals surface area contributed by atoms with Crippen LogP contribution in [-0.2, 0) is 14.9 Å². The molecule has 3 aliphatic rings. The van der Waals surface area contributed by atoms with Gasteiger partial charge in [-0.15, -0.1) is 11.8 Å². The molecule has 0 amide bonds. The molecule has 7 nitrogen and oxygen atoms in total. The Labute approximate surface area is 228 Å². The molecule has 1 fully saturated rings. The Balaban J connectivity index is 1.17. The van der Waals surface area contributed by atoms with Crippen LogP contribution in [0.1, 0.15) is 55.1 Å². The molecule has 0 radical (unpaired) electrons. The molecular weight excluding hydrogens is 502 g/mol. The molecule has 1 N–H and O–H groups in total. The van der Waals surface area contributed by atoms with Gasteiger partial charge in [0, 0.05) is 49.4 Å². The maximum absolute atomic E-state index is 12.8. The summed E-state index contributed by atoms with van der Waals surface area (Å²) in [6, 6.07) is 13.2. The number of hydrogen-bond donors (Lipinski definition) is 1. The molecule has 0 unspecified atom stereocenters. The lowest BCUT2D eigenvalue weighted by molar-refractivity contribution is -0.111. The monoisotopic (exact) mass is 537 g/mol. The second-order valence-electron chi connectivity index (χ2n) is 11.3. The first-order valence-corrected chi connectivity index (χ1v) is 14.0. The zero-order valence-electron chi connectivity index (χ0n) is 22.4. The summed E-state index contributed by atoms with van der Waals surface area (Å²) in [7, 11) is 1.53. The van der Waals surface area contributed by atoms with E-state index in [2.05, 4.69) is 37.8 Å². The summed E-state index contributed by atoms with van der Waals surface area (Å²) in [5, 5.41) is 10.6. The number of hydrogen-bond acceptors (Lipinski definition) is 8. The summed E-state index contributed by atoms with van der Waals surface area (Å²) in [4.78, 5) is 28.1. The highest BCUT2D eigenvalue weighted by molar-refractivity contribution is 8.04. The Bertz CT molecular complexity index is 1250. The number of likely N-dealkylation sites (tertiary alicyclic amines) is 1. The minimum Gasteiger partial charge on any atom is -0.497 e. The molecule has 1 aliphatic carbocycles. The number of ether oxygens (including phenoxy) is 3. The number of benzene rings is 2. The normalized spacial score (nSPS) is 20.0. The Morgan fingerprint density at radius 3 is 2.37 bits per heavy atom. The van der Waals surface area contributed by atoms with Gasteiger partial charge in [0.25, 0.3) is 0 Å². The topological polar surface area (TPSA) is 85.3 Å². The molecule has 2 aliphatic heterocycles. The standard InChI is InChI=1S/C30H35NO6S/c1-29(2,3)19-5-7-21(8-6-19)36-17-20(32)16-31-13-11-30(12-14-31)18-38-28-26(34)25(33)24-15-22(35-4)9-10-23(24)27(28)37-30/h5-10,15,20,32H,11-14,16-18H2,1-4H3/t20-/m0/s1. The second kappa shape index (κ2) is 10.4. The molecule has 0 bridgehead atoms. The van der Waals surface area contributed by atoms with Crippen molar-refractivity contribution in [2.45, 2.75) is 50.7 Å². The molecule has 2 aromatic rings. The summed E-state index contributed by atoms with van der Waals surface area (Å²) in [5.41, 5.74) is 1.91. The van der Waals surface area contributed by atoms with Gasteiger partial charge in [-0.1, -0.05) is 32.9 Å². The third-order valence-corrected chi connectivity index (χ3v) is 8.86. The number of ketones is 2. The lowest BCUT2D eigenvalue weighted by Gasteiger charge is -2.45. The zero-order chi connectivity index (χ0) is 27.1. The van der Waals surface area contributed by atoms with Crippen LogP contribution in [-0.4, -0.2) is 72.4 Å². The molecule has 2 heterocycles. The molecule has 202 valence electrons. The van der Waals surface area contributed by atoms with Crippen LogP contribution in [0.3, 0.4) is 0 Å². The first-order valence-electron chi connectivity index (χ1n) is 13.1. The van der Waals surface area contributed by atoms with E-state index in [9.17, 15) is 14.7 Å². The van der Waals surface area contributed by atoms with Gasteiger partial charge in [0.05, 0.1) is 7.11 Å². The molecule has 0 aromatic heterocycles. The van der Waals surface area contributed by atoms with Gasteiger partial charge in [-0.05, 0) is 41.3 Å². The van der Waals surface area contributed by atoms with Crippen LogP contribution in [0, 0.1) is 0 Å².